The highest BCUT2D eigenvalue weighted by Crippen LogP contribution is 2.41. The average Bonchev–Trinajstić information content (AvgIpc) is 3.37. The third-order valence-electron chi connectivity index (χ3n) is 7.11. The van der Waals surface area contributed by atoms with Crippen LogP contribution >= 0.6 is 0 Å². The Morgan fingerprint density at radius 3 is 2.63 bits per heavy atom. The molecule has 5 aromatic rings. The molecule has 6 rings (SSSR count). The summed E-state index contributed by atoms with van der Waals surface area (Å²) in [6, 6.07) is 12.5. The molecule has 0 amide bonds. The lowest BCUT2D eigenvalue weighted by atomic mass is 9.83. The summed E-state index contributed by atoms with van der Waals surface area (Å²) in [4.78, 5) is 24.0. The molecule has 0 aromatic carbocycles. The first-order valence-corrected chi connectivity index (χ1v) is 12.9. The number of pyridine rings is 4. The Morgan fingerprint density at radius 2 is 1.79 bits per heavy atom. The number of anilines is 1. The van der Waals surface area contributed by atoms with E-state index < -0.39 is 0 Å². The highest BCUT2D eigenvalue weighted by Gasteiger charge is 2.31. The fraction of sp³-hybridized carbons (Fsp3) is 0.267. The maximum atomic E-state index is 5.92. The molecule has 0 fully saturated rings. The molecule has 6 heterocycles. The SMILES string of the molecule is C[C@H]1CNc2ccc(-c3cncc(OCCN(C)C)c3)nc2C1c1cc2c(-c3ccncc3)cncc2[nH]1. The van der Waals surface area contributed by atoms with Crippen LogP contribution in [0.4, 0.5) is 5.69 Å². The zero-order valence-electron chi connectivity index (χ0n) is 21.8. The Balaban J connectivity index is 1.37. The maximum Gasteiger partial charge on any atom is 0.138 e. The number of fused-ring (bicyclic) bond motifs is 2. The van der Waals surface area contributed by atoms with Crippen LogP contribution in [0.5, 0.6) is 5.75 Å². The van der Waals surface area contributed by atoms with Gasteiger partial charge in [-0.05, 0) is 62.0 Å². The van der Waals surface area contributed by atoms with Gasteiger partial charge in [0.1, 0.15) is 12.4 Å². The molecule has 2 atom stereocenters. The van der Waals surface area contributed by atoms with Crippen LogP contribution in [0.3, 0.4) is 0 Å². The monoisotopic (exact) mass is 505 g/mol. The minimum Gasteiger partial charge on any atom is -0.491 e. The van der Waals surface area contributed by atoms with E-state index in [0.29, 0.717) is 12.5 Å². The number of ether oxygens (including phenoxy) is 1. The quantitative estimate of drug-likeness (QED) is 0.313. The highest BCUT2D eigenvalue weighted by atomic mass is 16.5. The number of H-pyrrole nitrogens is 1. The molecule has 0 saturated carbocycles. The van der Waals surface area contributed by atoms with Gasteiger partial charge in [0.15, 0.2) is 0 Å². The van der Waals surface area contributed by atoms with Gasteiger partial charge in [-0.3, -0.25) is 15.0 Å². The fourth-order valence-electron chi connectivity index (χ4n) is 5.12. The summed E-state index contributed by atoms with van der Waals surface area (Å²) in [6.07, 6.45) is 11.0. The molecule has 0 bridgehead atoms. The van der Waals surface area contributed by atoms with Crippen molar-refractivity contribution in [3.63, 3.8) is 0 Å². The second-order valence-electron chi connectivity index (χ2n) is 10.1. The van der Waals surface area contributed by atoms with Crippen LogP contribution in [-0.2, 0) is 0 Å². The fourth-order valence-corrected chi connectivity index (χ4v) is 5.12. The zero-order valence-corrected chi connectivity index (χ0v) is 21.8. The Hall–Kier alpha value is -4.30. The van der Waals surface area contributed by atoms with E-state index in [4.69, 9.17) is 9.72 Å². The predicted octanol–water partition coefficient (Wildman–Crippen LogP) is 5.22. The lowest BCUT2D eigenvalue weighted by molar-refractivity contribution is 0.261. The molecular formula is C30H31N7O. The van der Waals surface area contributed by atoms with Gasteiger partial charge >= 0.3 is 0 Å². The first-order valence-electron chi connectivity index (χ1n) is 12.9. The van der Waals surface area contributed by atoms with Gasteiger partial charge in [-0.25, -0.2) is 4.98 Å². The molecule has 8 nitrogen and oxygen atoms in total. The topological polar surface area (TPSA) is 91.8 Å². The van der Waals surface area contributed by atoms with Gasteiger partial charge < -0.3 is 19.9 Å². The Kier molecular flexibility index (Phi) is 6.47. The molecule has 0 radical (unpaired) electrons. The normalized spacial score (nSPS) is 16.8. The van der Waals surface area contributed by atoms with Crippen molar-refractivity contribution in [2.75, 3.05) is 39.1 Å². The summed E-state index contributed by atoms with van der Waals surface area (Å²) in [5.74, 6) is 1.20. The number of nitrogens with zero attached hydrogens (tertiary/aromatic N) is 5. The van der Waals surface area contributed by atoms with E-state index in [2.05, 4.69) is 55.3 Å². The van der Waals surface area contributed by atoms with Gasteiger partial charge in [0, 0.05) is 66.0 Å². The van der Waals surface area contributed by atoms with Gasteiger partial charge in [0.25, 0.3) is 0 Å². The smallest absolute Gasteiger partial charge is 0.138 e. The molecule has 0 saturated heterocycles. The first-order chi connectivity index (χ1) is 18.6. The third-order valence-corrected chi connectivity index (χ3v) is 7.11. The van der Waals surface area contributed by atoms with Crippen molar-refractivity contribution in [2.45, 2.75) is 12.8 Å². The Morgan fingerprint density at radius 1 is 0.947 bits per heavy atom. The van der Waals surface area contributed by atoms with Crippen molar-refractivity contribution < 1.29 is 4.74 Å². The van der Waals surface area contributed by atoms with E-state index in [1.807, 2.05) is 63.3 Å². The predicted molar refractivity (Wildman–Crippen MR) is 150 cm³/mol. The highest BCUT2D eigenvalue weighted by molar-refractivity contribution is 5.95. The minimum absolute atomic E-state index is 0.108. The number of likely N-dealkylation sites (N-methyl/N-ethyl adjacent to an activating group) is 1. The van der Waals surface area contributed by atoms with Crippen molar-refractivity contribution in [3.05, 3.63) is 85.0 Å². The van der Waals surface area contributed by atoms with E-state index >= 15 is 0 Å². The van der Waals surface area contributed by atoms with Crippen molar-refractivity contribution in [1.82, 2.24) is 29.8 Å². The van der Waals surface area contributed by atoms with Crippen LogP contribution in [0.1, 0.15) is 24.2 Å². The molecule has 0 spiro atoms. The minimum atomic E-state index is 0.108. The van der Waals surface area contributed by atoms with E-state index in [1.165, 1.54) is 0 Å². The summed E-state index contributed by atoms with van der Waals surface area (Å²) in [6.45, 7) is 4.59. The van der Waals surface area contributed by atoms with Crippen LogP contribution in [0.2, 0.25) is 0 Å². The van der Waals surface area contributed by atoms with Crippen molar-refractivity contribution in [2.24, 2.45) is 5.92 Å². The van der Waals surface area contributed by atoms with E-state index in [-0.39, 0.29) is 5.92 Å². The maximum absolute atomic E-state index is 5.92. The molecule has 1 unspecified atom stereocenters. The van der Waals surface area contributed by atoms with Crippen LogP contribution in [0.15, 0.2) is 73.6 Å². The van der Waals surface area contributed by atoms with Crippen LogP contribution in [0, 0.1) is 5.92 Å². The molecule has 1 aliphatic heterocycles. The number of aromatic amines is 1. The number of hydrogen-bond acceptors (Lipinski definition) is 7. The van der Waals surface area contributed by atoms with E-state index in [0.717, 1.165) is 69.2 Å². The van der Waals surface area contributed by atoms with Gasteiger partial charge in [-0.2, -0.15) is 0 Å². The van der Waals surface area contributed by atoms with Gasteiger partial charge in [0.2, 0.25) is 0 Å². The molecule has 5 aromatic heterocycles. The first kappa shape index (κ1) is 24.1. The van der Waals surface area contributed by atoms with Crippen molar-refractivity contribution in [3.8, 4) is 28.1 Å². The molecular weight excluding hydrogens is 474 g/mol. The lowest BCUT2D eigenvalue weighted by Crippen LogP contribution is -2.27. The summed E-state index contributed by atoms with van der Waals surface area (Å²) >= 11 is 0. The summed E-state index contributed by atoms with van der Waals surface area (Å²) in [7, 11) is 4.06. The second kappa shape index (κ2) is 10.2. The third kappa shape index (κ3) is 4.70. The van der Waals surface area contributed by atoms with E-state index in [1.54, 1.807) is 6.20 Å². The largest absolute Gasteiger partial charge is 0.491 e. The van der Waals surface area contributed by atoms with Crippen molar-refractivity contribution >= 4 is 16.6 Å². The standard InChI is InChI=1S/C30H31N7O/c1-19-14-34-26-5-4-25(21-12-22(16-32-15-21)38-11-10-37(2)3)36-30(26)29(19)27-13-23-24(17-33-18-28(23)35-27)20-6-8-31-9-7-20/h4-9,12-13,15-19,29,34-35H,10-11,14H2,1-3H3/t19-,29?/m0/s1. The zero-order chi connectivity index (χ0) is 26.1. The molecule has 38 heavy (non-hydrogen) atoms. The molecule has 192 valence electrons. The summed E-state index contributed by atoms with van der Waals surface area (Å²) in [5.41, 5.74) is 8.26. The van der Waals surface area contributed by atoms with Gasteiger partial charge in [-0.15, -0.1) is 0 Å². The summed E-state index contributed by atoms with van der Waals surface area (Å²) < 4.78 is 5.92. The van der Waals surface area contributed by atoms with E-state index in [9.17, 15) is 0 Å². The second-order valence-corrected chi connectivity index (χ2v) is 10.1. The number of nitrogens with one attached hydrogen (secondary N) is 2. The Labute approximate surface area is 222 Å². The molecule has 2 N–H and O–H groups in total. The molecule has 8 heteroatoms. The molecule has 0 aliphatic carbocycles. The van der Waals surface area contributed by atoms with Crippen molar-refractivity contribution in [1.29, 1.82) is 0 Å². The number of hydrogen-bond donors (Lipinski definition) is 2. The number of aromatic nitrogens is 5. The van der Waals surface area contributed by atoms with Crippen LogP contribution in [-0.4, -0.2) is 63.6 Å². The molecule has 1 aliphatic rings. The van der Waals surface area contributed by atoms with Crippen LogP contribution < -0.4 is 10.1 Å². The van der Waals surface area contributed by atoms with Gasteiger partial charge in [-0.1, -0.05) is 6.92 Å². The summed E-state index contributed by atoms with van der Waals surface area (Å²) in [5, 5.41) is 4.72. The van der Waals surface area contributed by atoms with Gasteiger partial charge in [0.05, 0.1) is 35.0 Å². The Bertz CT molecular complexity index is 1560. The average molecular weight is 506 g/mol. The number of rotatable bonds is 7. The lowest BCUT2D eigenvalue weighted by Gasteiger charge is -2.31. The van der Waals surface area contributed by atoms with Crippen LogP contribution in [0.25, 0.3) is 33.3 Å².